The highest BCUT2D eigenvalue weighted by Crippen LogP contribution is 2.41. The Morgan fingerprint density at radius 1 is 1.13 bits per heavy atom. The molecule has 1 aromatic carbocycles. The number of carbonyl (C=O) groups is 1. The molecular weight excluding hydrogens is 521 g/mol. The maximum atomic E-state index is 13.8. The predicted molar refractivity (Wildman–Crippen MR) is 143 cm³/mol. The zero-order valence-electron chi connectivity index (χ0n) is 21.0. The minimum absolute atomic E-state index is 0.0555. The van der Waals surface area contributed by atoms with Gasteiger partial charge in [0.15, 0.2) is 0 Å². The van der Waals surface area contributed by atoms with Crippen molar-refractivity contribution >= 4 is 46.4 Å². The highest BCUT2D eigenvalue weighted by Gasteiger charge is 2.35. The number of nitrogens with one attached hydrogen (secondary N) is 1. The van der Waals surface area contributed by atoms with E-state index in [1.807, 2.05) is 23.9 Å². The number of hydrogen-bond donors (Lipinski definition) is 2. The van der Waals surface area contributed by atoms with E-state index in [1.54, 1.807) is 12.3 Å². The minimum Gasteiger partial charge on any atom is -0.384 e. The van der Waals surface area contributed by atoms with Crippen LogP contribution in [0.3, 0.4) is 0 Å². The number of fused-ring (bicyclic) bond motifs is 1. The maximum absolute atomic E-state index is 13.8. The second-order valence-corrected chi connectivity index (χ2v) is 9.49. The van der Waals surface area contributed by atoms with Crippen molar-refractivity contribution in [3.05, 3.63) is 47.1 Å². The Balaban J connectivity index is 1.80. The van der Waals surface area contributed by atoms with Gasteiger partial charge in [0.05, 0.1) is 21.8 Å². The number of aldehydes is 1. The quantitative estimate of drug-likeness (QED) is 0.322. The Morgan fingerprint density at radius 3 is 2.53 bits per heavy atom. The number of pyridine rings is 1. The van der Waals surface area contributed by atoms with E-state index in [0.717, 1.165) is 25.0 Å². The van der Waals surface area contributed by atoms with Crippen LogP contribution in [-0.4, -0.2) is 84.4 Å². The number of piperazine rings is 1. The summed E-state index contributed by atoms with van der Waals surface area (Å²) in [5.74, 6) is 0.911. The van der Waals surface area contributed by atoms with Crippen molar-refractivity contribution in [1.29, 1.82) is 0 Å². The lowest BCUT2D eigenvalue weighted by Crippen LogP contribution is -2.44. The van der Waals surface area contributed by atoms with Gasteiger partial charge in [0.25, 0.3) is 0 Å². The van der Waals surface area contributed by atoms with E-state index in [9.17, 15) is 18.0 Å². The van der Waals surface area contributed by atoms with Crippen LogP contribution in [0.4, 0.5) is 30.8 Å². The van der Waals surface area contributed by atoms with E-state index < -0.39 is 11.7 Å². The van der Waals surface area contributed by atoms with Gasteiger partial charge in [0.1, 0.15) is 17.9 Å². The van der Waals surface area contributed by atoms with Crippen LogP contribution in [0.15, 0.2) is 36.5 Å². The fourth-order valence-electron chi connectivity index (χ4n) is 4.17. The fourth-order valence-corrected chi connectivity index (χ4v) is 4.43. The number of halogens is 4. The molecular formula is C25H28ClF3N8O. The Bertz CT molecular complexity index is 1340. The summed E-state index contributed by atoms with van der Waals surface area (Å²) in [6, 6.07) is 5.09. The lowest BCUT2D eigenvalue weighted by Gasteiger charge is -2.35. The normalized spacial score (nSPS) is 14.6. The topological polar surface area (TPSA) is 104 Å². The number of nitrogens with two attached hydrogens (primary N) is 1. The molecule has 38 heavy (non-hydrogen) atoms. The molecule has 1 aliphatic rings. The Hall–Kier alpha value is -3.64. The number of nitrogens with zero attached hydrogens (tertiary/aromatic N) is 6. The summed E-state index contributed by atoms with van der Waals surface area (Å²) in [5, 5.41) is 3.88. The molecule has 3 heterocycles. The van der Waals surface area contributed by atoms with Crippen molar-refractivity contribution in [3.63, 3.8) is 0 Å². The van der Waals surface area contributed by atoms with Gasteiger partial charge >= 0.3 is 6.18 Å². The SMILES string of the molecule is CN(C)CCNc1nc(N2CCN(C=CC=O)CC2)c2cc(Cl)c(-c3nc(N)ccc3C(F)(F)F)cc2n1. The van der Waals surface area contributed by atoms with Crippen molar-refractivity contribution < 1.29 is 18.0 Å². The fraction of sp³-hybridized carbons (Fsp3) is 0.360. The number of alkyl halides is 3. The van der Waals surface area contributed by atoms with Gasteiger partial charge in [-0.1, -0.05) is 11.6 Å². The average Bonchev–Trinajstić information content (AvgIpc) is 2.86. The first-order valence-corrected chi connectivity index (χ1v) is 12.3. The molecule has 0 amide bonds. The summed E-state index contributed by atoms with van der Waals surface area (Å²) >= 11 is 6.57. The van der Waals surface area contributed by atoms with Crippen LogP contribution in [-0.2, 0) is 11.0 Å². The molecule has 9 nitrogen and oxygen atoms in total. The molecule has 0 atom stereocenters. The smallest absolute Gasteiger partial charge is 0.384 e. The molecule has 0 bridgehead atoms. The predicted octanol–water partition coefficient (Wildman–Crippen LogP) is 3.75. The minimum atomic E-state index is -4.65. The van der Waals surface area contributed by atoms with Crippen molar-refractivity contribution in [3.8, 4) is 11.3 Å². The van der Waals surface area contributed by atoms with Gasteiger partial charge in [-0.3, -0.25) is 4.79 Å². The van der Waals surface area contributed by atoms with Crippen LogP contribution in [0, 0.1) is 0 Å². The van der Waals surface area contributed by atoms with Crippen LogP contribution >= 0.6 is 11.6 Å². The Morgan fingerprint density at radius 2 is 1.87 bits per heavy atom. The van der Waals surface area contributed by atoms with E-state index in [-0.39, 0.29) is 22.1 Å². The number of nitrogen functional groups attached to an aromatic ring is 1. The highest BCUT2D eigenvalue weighted by atomic mass is 35.5. The molecule has 0 unspecified atom stereocenters. The first kappa shape index (κ1) is 27.4. The summed E-state index contributed by atoms with van der Waals surface area (Å²) in [4.78, 5) is 30.1. The van der Waals surface area contributed by atoms with Gasteiger partial charge in [-0.2, -0.15) is 18.2 Å². The molecule has 0 saturated carbocycles. The molecule has 1 saturated heterocycles. The number of hydrogen-bond acceptors (Lipinski definition) is 9. The van der Waals surface area contributed by atoms with Crippen molar-refractivity contribution in [2.24, 2.45) is 0 Å². The largest absolute Gasteiger partial charge is 0.418 e. The summed E-state index contributed by atoms with van der Waals surface area (Å²) in [5.41, 5.74) is 4.94. The molecule has 13 heteroatoms. The molecule has 202 valence electrons. The van der Waals surface area contributed by atoms with E-state index in [0.29, 0.717) is 55.4 Å². The van der Waals surface area contributed by atoms with Crippen LogP contribution in [0.5, 0.6) is 0 Å². The zero-order chi connectivity index (χ0) is 27.4. The second-order valence-electron chi connectivity index (χ2n) is 9.08. The summed E-state index contributed by atoms with van der Waals surface area (Å²) in [6.07, 6.45) is -0.725. The molecule has 4 rings (SSSR count). The van der Waals surface area contributed by atoms with Gasteiger partial charge < -0.3 is 25.8 Å². The van der Waals surface area contributed by atoms with Gasteiger partial charge in [0, 0.05) is 56.4 Å². The number of carbonyl (C=O) groups excluding carboxylic acids is 1. The molecule has 3 N–H and O–H groups in total. The van der Waals surface area contributed by atoms with E-state index >= 15 is 0 Å². The molecule has 0 spiro atoms. The highest BCUT2D eigenvalue weighted by molar-refractivity contribution is 6.34. The van der Waals surface area contributed by atoms with E-state index in [2.05, 4.69) is 20.2 Å². The van der Waals surface area contributed by atoms with Crippen LogP contribution < -0.4 is 16.0 Å². The van der Waals surface area contributed by atoms with Gasteiger partial charge in [-0.15, -0.1) is 0 Å². The van der Waals surface area contributed by atoms with Crippen molar-refractivity contribution in [2.75, 3.05) is 69.3 Å². The number of rotatable bonds is 8. The second kappa shape index (κ2) is 11.4. The number of benzene rings is 1. The maximum Gasteiger partial charge on any atom is 0.418 e. The number of likely N-dealkylation sites (N-methyl/N-ethyl adjacent to an activating group) is 1. The first-order chi connectivity index (χ1) is 18.1. The Kier molecular flexibility index (Phi) is 8.22. The number of aromatic nitrogens is 3. The number of anilines is 3. The van der Waals surface area contributed by atoms with Crippen LogP contribution in [0.25, 0.3) is 22.2 Å². The third-order valence-corrected chi connectivity index (χ3v) is 6.39. The monoisotopic (exact) mass is 548 g/mol. The van der Waals surface area contributed by atoms with E-state index in [4.69, 9.17) is 22.3 Å². The molecule has 2 aromatic heterocycles. The van der Waals surface area contributed by atoms with Gasteiger partial charge in [-0.25, -0.2) is 9.97 Å². The Labute approximate surface area is 223 Å². The number of allylic oxidation sites excluding steroid dienone is 1. The summed E-state index contributed by atoms with van der Waals surface area (Å²) in [7, 11) is 3.88. The zero-order valence-corrected chi connectivity index (χ0v) is 21.7. The first-order valence-electron chi connectivity index (χ1n) is 11.9. The summed E-state index contributed by atoms with van der Waals surface area (Å²) < 4.78 is 41.4. The third kappa shape index (κ3) is 6.25. The summed E-state index contributed by atoms with van der Waals surface area (Å²) in [6.45, 7) is 3.84. The lowest BCUT2D eigenvalue weighted by atomic mass is 10.0. The molecule has 1 fully saturated rings. The molecule has 0 radical (unpaired) electrons. The van der Waals surface area contributed by atoms with Crippen molar-refractivity contribution in [2.45, 2.75) is 6.18 Å². The van der Waals surface area contributed by atoms with Gasteiger partial charge in [-0.05, 0) is 44.4 Å². The van der Waals surface area contributed by atoms with Crippen molar-refractivity contribution in [1.82, 2.24) is 24.8 Å². The van der Waals surface area contributed by atoms with E-state index in [1.165, 1.54) is 12.1 Å². The molecule has 1 aliphatic heterocycles. The average molecular weight is 549 g/mol. The molecule has 3 aromatic rings. The third-order valence-electron chi connectivity index (χ3n) is 6.07. The standard InChI is InChI=1S/C25H28ClF3N8O/c1-35(2)8-6-31-24-32-20-15-16(22-18(25(27,28)29)4-5-21(30)33-22)19(26)14-17(20)23(34-24)37-11-9-36(10-12-37)7-3-13-38/h3-5,7,13-15H,6,8-12H2,1-2H3,(H2,30,33)(H,31,32,34). The van der Waals surface area contributed by atoms with Crippen LogP contribution in [0.2, 0.25) is 5.02 Å². The lowest BCUT2D eigenvalue weighted by molar-refractivity contribution is -0.137. The van der Waals surface area contributed by atoms with Crippen LogP contribution in [0.1, 0.15) is 5.56 Å². The molecule has 0 aliphatic carbocycles. The van der Waals surface area contributed by atoms with Gasteiger partial charge in [0.2, 0.25) is 5.95 Å².